The van der Waals surface area contributed by atoms with Gasteiger partial charge in [0, 0.05) is 12.5 Å². The number of sulfone groups is 1. The summed E-state index contributed by atoms with van der Waals surface area (Å²) in [4.78, 5) is 0.323. The molecule has 3 rings (SSSR count). The number of aryl methyl sites for hydroxylation is 2. The molecular weight excluding hydrogens is 334 g/mol. The van der Waals surface area contributed by atoms with Gasteiger partial charge in [0.05, 0.1) is 22.3 Å². The van der Waals surface area contributed by atoms with Crippen LogP contribution in [0.4, 0.5) is 0 Å². The maximum absolute atomic E-state index is 13.2. The summed E-state index contributed by atoms with van der Waals surface area (Å²) in [6, 6.07) is 14.9. The quantitative estimate of drug-likeness (QED) is 0.861. The largest absolute Gasteiger partial charge is 0.380 e. The minimum atomic E-state index is -3.53. The first-order valence-electron chi connectivity index (χ1n) is 8.54. The molecule has 1 saturated carbocycles. The van der Waals surface area contributed by atoms with Crippen molar-refractivity contribution in [3.8, 4) is 0 Å². The topological polar surface area (TPSA) is 69.4 Å². The molecule has 0 saturated heterocycles. The highest BCUT2D eigenvalue weighted by Gasteiger charge is 2.69. The van der Waals surface area contributed by atoms with Crippen LogP contribution in [0, 0.1) is 13.8 Å². The van der Waals surface area contributed by atoms with Gasteiger partial charge in [-0.05, 0) is 38.5 Å². The second-order valence-corrected chi connectivity index (χ2v) is 8.99. The number of nitrogens with two attached hydrogens (primary N) is 1. The third kappa shape index (κ3) is 3.24. The van der Waals surface area contributed by atoms with E-state index in [0.29, 0.717) is 11.5 Å². The molecule has 4 nitrogen and oxygen atoms in total. The van der Waals surface area contributed by atoms with Gasteiger partial charge in [0.15, 0.2) is 9.84 Å². The smallest absolute Gasteiger partial charge is 0.183 e. The Hall–Kier alpha value is -1.69. The summed E-state index contributed by atoms with van der Waals surface area (Å²) < 4.78 is 31.9. The first-order chi connectivity index (χ1) is 11.8. The lowest BCUT2D eigenvalue weighted by Gasteiger charge is -2.12. The molecular formula is C20H25NO3S. The van der Waals surface area contributed by atoms with E-state index in [1.54, 1.807) is 12.1 Å². The van der Waals surface area contributed by atoms with Crippen LogP contribution in [0.15, 0.2) is 53.4 Å². The van der Waals surface area contributed by atoms with Crippen molar-refractivity contribution in [2.24, 2.45) is 5.73 Å². The zero-order chi connectivity index (χ0) is 18.2. The average molecular weight is 359 g/mol. The fourth-order valence-electron chi connectivity index (χ4n) is 3.48. The summed E-state index contributed by atoms with van der Waals surface area (Å²) in [5.41, 5.74) is 8.76. The van der Waals surface area contributed by atoms with Crippen LogP contribution in [0.1, 0.15) is 29.5 Å². The predicted molar refractivity (Wildman–Crippen MR) is 99.5 cm³/mol. The Balaban J connectivity index is 1.99. The maximum atomic E-state index is 13.2. The van der Waals surface area contributed by atoms with Gasteiger partial charge < -0.3 is 10.5 Å². The summed E-state index contributed by atoms with van der Waals surface area (Å²) >= 11 is 0. The number of benzene rings is 2. The van der Waals surface area contributed by atoms with E-state index in [2.05, 4.69) is 0 Å². The molecule has 0 amide bonds. The minimum Gasteiger partial charge on any atom is -0.380 e. The van der Waals surface area contributed by atoms with Crippen molar-refractivity contribution in [2.45, 2.75) is 42.4 Å². The Morgan fingerprint density at radius 2 is 1.52 bits per heavy atom. The van der Waals surface area contributed by atoms with Crippen molar-refractivity contribution in [3.63, 3.8) is 0 Å². The number of hydrogen-bond acceptors (Lipinski definition) is 4. The molecule has 2 aromatic carbocycles. The molecule has 0 heterocycles. The highest BCUT2D eigenvalue weighted by molar-refractivity contribution is 7.92. The molecule has 0 aliphatic heterocycles. The molecule has 2 aromatic rings. The molecule has 1 aliphatic rings. The summed E-state index contributed by atoms with van der Waals surface area (Å²) in [5.74, 6) is -0.258. The van der Waals surface area contributed by atoms with Crippen LogP contribution >= 0.6 is 0 Å². The molecule has 1 aliphatic carbocycles. The van der Waals surface area contributed by atoms with Crippen molar-refractivity contribution in [1.29, 1.82) is 0 Å². The Morgan fingerprint density at radius 1 is 1.00 bits per heavy atom. The van der Waals surface area contributed by atoms with Crippen molar-refractivity contribution in [3.05, 3.63) is 65.2 Å². The molecule has 134 valence electrons. The van der Waals surface area contributed by atoms with Gasteiger partial charge in [-0.15, -0.1) is 0 Å². The Morgan fingerprint density at radius 3 is 2.04 bits per heavy atom. The van der Waals surface area contributed by atoms with Crippen LogP contribution in [0.2, 0.25) is 0 Å². The van der Waals surface area contributed by atoms with Gasteiger partial charge in [0.2, 0.25) is 0 Å². The van der Waals surface area contributed by atoms with E-state index < -0.39 is 20.6 Å². The number of hydrogen-bond donors (Lipinski definition) is 1. The first-order valence-corrected chi connectivity index (χ1v) is 10.1. The fraction of sp³-hybridized carbons (Fsp3) is 0.400. The Kier molecular flexibility index (Phi) is 4.75. The first kappa shape index (κ1) is 18.1. The monoisotopic (exact) mass is 359 g/mol. The van der Waals surface area contributed by atoms with Crippen molar-refractivity contribution in [2.75, 3.05) is 13.2 Å². The molecule has 0 unspecified atom stereocenters. The molecule has 0 radical (unpaired) electrons. The van der Waals surface area contributed by atoms with E-state index in [-0.39, 0.29) is 12.5 Å². The van der Waals surface area contributed by atoms with Crippen molar-refractivity contribution >= 4 is 9.84 Å². The highest BCUT2D eigenvalue weighted by Crippen LogP contribution is 2.55. The zero-order valence-corrected chi connectivity index (χ0v) is 15.7. The lowest BCUT2D eigenvalue weighted by Crippen LogP contribution is -2.36. The second kappa shape index (κ2) is 6.56. The van der Waals surface area contributed by atoms with Crippen molar-refractivity contribution < 1.29 is 13.2 Å². The molecule has 0 bridgehead atoms. The molecule has 0 aromatic heterocycles. The summed E-state index contributed by atoms with van der Waals surface area (Å²) in [7, 11) is -3.53. The standard InChI is InChI=1S/C20H25NO3S/c1-4-24-13-20(21)18(16-9-5-14(2)6-10-16)19(20)25(22,23)17-11-7-15(3)8-12-17/h5-12,18-19H,4,13,21H2,1-3H3/t18-,19-,20+/m0/s1. The normalized spacial score (nSPS) is 25.8. The van der Waals surface area contributed by atoms with Crippen LogP contribution in [-0.2, 0) is 14.6 Å². The second-order valence-electron chi connectivity index (χ2n) is 6.92. The van der Waals surface area contributed by atoms with Gasteiger partial charge >= 0.3 is 0 Å². The summed E-state index contributed by atoms with van der Waals surface area (Å²) in [5, 5.41) is -0.669. The van der Waals surface area contributed by atoms with E-state index >= 15 is 0 Å². The Bertz CT molecular complexity index is 844. The van der Waals surface area contributed by atoms with Gasteiger partial charge in [-0.2, -0.15) is 0 Å². The van der Waals surface area contributed by atoms with Gasteiger partial charge in [-0.1, -0.05) is 47.5 Å². The van der Waals surface area contributed by atoms with E-state index in [1.807, 2.05) is 57.2 Å². The van der Waals surface area contributed by atoms with Crippen LogP contribution in [-0.4, -0.2) is 32.4 Å². The summed E-state index contributed by atoms with van der Waals surface area (Å²) in [6.45, 7) is 6.57. The predicted octanol–water partition coefficient (Wildman–Crippen LogP) is 2.98. The Labute approximate surface area is 149 Å². The fourth-order valence-corrected chi connectivity index (χ4v) is 5.77. The van der Waals surface area contributed by atoms with Crippen LogP contribution in [0.3, 0.4) is 0 Å². The van der Waals surface area contributed by atoms with E-state index in [1.165, 1.54) is 0 Å². The van der Waals surface area contributed by atoms with E-state index in [4.69, 9.17) is 10.5 Å². The third-order valence-electron chi connectivity index (χ3n) is 4.98. The van der Waals surface area contributed by atoms with Crippen LogP contribution in [0.25, 0.3) is 0 Å². The van der Waals surface area contributed by atoms with Crippen LogP contribution < -0.4 is 5.73 Å². The molecule has 3 atom stereocenters. The van der Waals surface area contributed by atoms with E-state index in [0.717, 1.165) is 16.7 Å². The number of ether oxygens (including phenoxy) is 1. The molecule has 5 heteroatoms. The van der Waals surface area contributed by atoms with Crippen LogP contribution in [0.5, 0.6) is 0 Å². The van der Waals surface area contributed by atoms with Gasteiger partial charge in [-0.25, -0.2) is 8.42 Å². The zero-order valence-electron chi connectivity index (χ0n) is 14.9. The maximum Gasteiger partial charge on any atom is 0.183 e. The molecule has 0 spiro atoms. The highest BCUT2D eigenvalue weighted by atomic mass is 32.2. The third-order valence-corrected chi connectivity index (χ3v) is 7.29. The lowest BCUT2D eigenvalue weighted by molar-refractivity contribution is 0.125. The summed E-state index contributed by atoms with van der Waals surface area (Å²) in [6.07, 6.45) is 0. The SMILES string of the molecule is CCOC[C@@]1(N)[C@@H](c2ccc(C)cc2)[C@@H]1S(=O)(=O)c1ccc(C)cc1. The minimum absolute atomic E-state index is 0.234. The molecule has 1 fully saturated rings. The molecule has 25 heavy (non-hydrogen) atoms. The van der Waals surface area contributed by atoms with Crippen molar-refractivity contribution in [1.82, 2.24) is 0 Å². The number of rotatable bonds is 6. The lowest BCUT2D eigenvalue weighted by atomic mass is 10.1. The van der Waals surface area contributed by atoms with Gasteiger partial charge in [0.25, 0.3) is 0 Å². The molecule has 2 N–H and O–H groups in total. The average Bonchev–Trinajstić information content (AvgIpc) is 3.21. The van der Waals surface area contributed by atoms with E-state index in [9.17, 15) is 8.42 Å². The van der Waals surface area contributed by atoms with Gasteiger partial charge in [0.1, 0.15) is 0 Å². The van der Waals surface area contributed by atoms with Gasteiger partial charge in [-0.3, -0.25) is 0 Å².